The molecule has 9 heteroatoms. The van der Waals surface area contributed by atoms with Gasteiger partial charge in [0.1, 0.15) is 6.33 Å². The van der Waals surface area contributed by atoms with Gasteiger partial charge in [-0.1, -0.05) is 6.07 Å². The van der Waals surface area contributed by atoms with Gasteiger partial charge in [0.05, 0.1) is 27.7 Å². The zero-order chi connectivity index (χ0) is 19.7. The maximum Gasteiger partial charge on any atom is 0.263 e. The average molecular weight is 407 g/mol. The predicted molar refractivity (Wildman–Crippen MR) is 107 cm³/mol. The number of nitriles is 1. The molecular formula is C19H13N5O2S2. The number of hydrogen-bond donors (Lipinski definition) is 1. The highest BCUT2D eigenvalue weighted by Crippen LogP contribution is 2.30. The Morgan fingerprint density at radius 3 is 2.68 bits per heavy atom. The van der Waals surface area contributed by atoms with Crippen LogP contribution in [0.15, 0.2) is 59.2 Å². The van der Waals surface area contributed by atoms with Gasteiger partial charge < -0.3 is 0 Å². The number of rotatable bonds is 4. The largest absolute Gasteiger partial charge is 0.263 e. The zero-order valence-electron chi connectivity index (χ0n) is 14.6. The number of hydrogen-bond acceptors (Lipinski definition) is 7. The van der Waals surface area contributed by atoms with Crippen LogP contribution in [0.3, 0.4) is 0 Å². The summed E-state index contributed by atoms with van der Waals surface area (Å²) in [4.78, 5) is 12.7. The van der Waals surface area contributed by atoms with Gasteiger partial charge in [0.2, 0.25) is 0 Å². The van der Waals surface area contributed by atoms with Crippen molar-refractivity contribution < 1.29 is 8.42 Å². The van der Waals surface area contributed by atoms with Crippen LogP contribution in [0, 0.1) is 18.3 Å². The highest BCUT2D eigenvalue weighted by molar-refractivity contribution is 7.93. The van der Waals surface area contributed by atoms with Crippen LogP contribution in [0.5, 0.6) is 0 Å². The van der Waals surface area contributed by atoms with E-state index in [1.807, 2.05) is 13.0 Å². The maximum atomic E-state index is 12.6. The van der Waals surface area contributed by atoms with Crippen molar-refractivity contribution in [3.63, 3.8) is 0 Å². The summed E-state index contributed by atoms with van der Waals surface area (Å²) in [6, 6.07) is 12.2. The molecule has 0 aliphatic heterocycles. The molecule has 138 valence electrons. The number of sulfonamides is 1. The molecule has 0 spiro atoms. The Bertz CT molecular complexity index is 1330. The minimum Gasteiger partial charge on any atom is -0.255 e. The van der Waals surface area contributed by atoms with E-state index in [0.717, 1.165) is 16.5 Å². The van der Waals surface area contributed by atoms with E-state index in [1.165, 1.54) is 36.0 Å². The van der Waals surface area contributed by atoms with Crippen LogP contribution in [0.2, 0.25) is 0 Å². The normalized spacial score (nSPS) is 11.3. The van der Waals surface area contributed by atoms with Gasteiger partial charge in [-0.25, -0.2) is 23.4 Å². The Morgan fingerprint density at radius 1 is 1.11 bits per heavy atom. The number of benzene rings is 2. The molecule has 0 unspecified atom stereocenters. The van der Waals surface area contributed by atoms with E-state index in [9.17, 15) is 8.42 Å². The molecule has 4 rings (SSSR count). The van der Waals surface area contributed by atoms with E-state index in [-0.39, 0.29) is 4.90 Å². The molecule has 0 atom stereocenters. The summed E-state index contributed by atoms with van der Waals surface area (Å²) >= 11 is 1.20. The molecule has 7 nitrogen and oxygen atoms in total. The Hall–Kier alpha value is -3.35. The second kappa shape index (κ2) is 6.99. The quantitative estimate of drug-likeness (QED) is 0.552. The summed E-state index contributed by atoms with van der Waals surface area (Å²) in [5, 5.41) is 11.8. The van der Waals surface area contributed by atoms with Crippen molar-refractivity contribution in [1.29, 1.82) is 5.26 Å². The SMILES string of the molecule is Cc1cc(C#N)ccc1-c1ncnc2cc(S(=O)(=O)Nc3nccs3)ccc12. The van der Waals surface area contributed by atoms with Crippen molar-refractivity contribution in [2.45, 2.75) is 11.8 Å². The molecule has 0 aliphatic rings. The van der Waals surface area contributed by atoms with Crippen molar-refractivity contribution in [1.82, 2.24) is 15.0 Å². The maximum absolute atomic E-state index is 12.6. The number of fused-ring (bicyclic) bond motifs is 1. The number of aromatic nitrogens is 3. The lowest BCUT2D eigenvalue weighted by Gasteiger charge is -2.10. The van der Waals surface area contributed by atoms with Gasteiger partial charge >= 0.3 is 0 Å². The summed E-state index contributed by atoms with van der Waals surface area (Å²) < 4.78 is 27.7. The summed E-state index contributed by atoms with van der Waals surface area (Å²) in [6.07, 6.45) is 2.93. The molecule has 1 N–H and O–H groups in total. The van der Waals surface area contributed by atoms with Crippen molar-refractivity contribution >= 4 is 37.4 Å². The molecule has 0 bridgehead atoms. The Kier molecular flexibility index (Phi) is 4.50. The van der Waals surface area contributed by atoms with Crippen molar-refractivity contribution in [2.75, 3.05) is 4.72 Å². The van der Waals surface area contributed by atoms with Gasteiger partial charge in [-0.2, -0.15) is 5.26 Å². The van der Waals surface area contributed by atoms with E-state index in [0.29, 0.717) is 21.9 Å². The first-order valence-corrected chi connectivity index (χ1v) is 10.5. The van der Waals surface area contributed by atoms with Gasteiger partial charge in [0, 0.05) is 22.5 Å². The van der Waals surface area contributed by atoms with Gasteiger partial charge in [-0.05, 0) is 42.8 Å². The van der Waals surface area contributed by atoms with Crippen molar-refractivity contribution in [3.8, 4) is 17.3 Å². The summed E-state index contributed by atoms with van der Waals surface area (Å²) in [6.45, 7) is 1.90. The first-order chi connectivity index (χ1) is 13.5. The van der Waals surface area contributed by atoms with Gasteiger partial charge in [0.25, 0.3) is 10.0 Å². The van der Waals surface area contributed by atoms with Gasteiger partial charge in [0.15, 0.2) is 5.13 Å². The van der Waals surface area contributed by atoms with Crippen LogP contribution < -0.4 is 4.72 Å². The molecule has 0 saturated heterocycles. The van der Waals surface area contributed by atoms with E-state index in [2.05, 4.69) is 25.7 Å². The second-order valence-corrected chi connectivity index (χ2v) is 8.56. The van der Waals surface area contributed by atoms with E-state index < -0.39 is 10.0 Å². The lowest BCUT2D eigenvalue weighted by Crippen LogP contribution is -2.12. The van der Waals surface area contributed by atoms with E-state index in [4.69, 9.17) is 5.26 Å². The molecule has 0 saturated carbocycles. The van der Waals surface area contributed by atoms with Crippen LogP contribution >= 0.6 is 11.3 Å². The van der Waals surface area contributed by atoms with Gasteiger partial charge in [-0.15, -0.1) is 11.3 Å². The third-order valence-corrected chi connectivity index (χ3v) is 6.34. The minimum atomic E-state index is -3.77. The number of anilines is 1. The second-order valence-electron chi connectivity index (χ2n) is 5.99. The fourth-order valence-corrected chi connectivity index (χ4v) is 4.67. The molecule has 0 aliphatic carbocycles. The molecule has 2 heterocycles. The summed E-state index contributed by atoms with van der Waals surface area (Å²) in [7, 11) is -3.77. The van der Waals surface area contributed by atoms with E-state index in [1.54, 1.807) is 23.6 Å². The summed E-state index contributed by atoms with van der Waals surface area (Å²) in [5.41, 5.74) is 3.53. The lowest BCUT2D eigenvalue weighted by molar-refractivity contribution is 0.601. The fraction of sp³-hybridized carbons (Fsp3) is 0.0526. The number of nitrogens with zero attached hydrogens (tertiary/aromatic N) is 4. The Balaban J connectivity index is 1.80. The van der Waals surface area contributed by atoms with Crippen LogP contribution in [-0.4, -0.2) is 23.4 Å². The first kappa shape index (κ1) is 18.0. The fourth-order valence-electron chi connectivity index (χ4n) is 2.87. The number of nitrogens with one attached hydrogen (secondary N) is 1. The van der Waals surface area contributed by atoms with Crippen molar-refractivity contribution in [2.24, 2.45) is 0 Å². The van der Waals surface area contributed by atoms with Crippen LogP contribution in [0.1, 0.15) is 11.1 Å². The number of thiazole rings is 1. The molecule has 2 aromatic carbocycles. The predicted octanol–water partition coefficient (Wildman–Crippen LogP) is 3.73. The highest BCUT2D eigenvalue weighted by atomic mass is 32.2. The summed E-state index contributed by atoms with van der Waals surface area (Å²) in [5.74, 6) is 0. The minimum absolute atomic E-state index is 0.0939. The molecule has 4 aromatic rings. The molecule has 0 radical (unpaired) electrons. The number of aryl methyl sites for hydroxylation is 1. The average Bonchev–Trinajstić information content (AvgIpc) is 3.19. The van der Waals surface area contributed by atoms with Crippen LogP contribution in [-0.2, 0) is 10.0 Å². The smallest absolute Gasteiger partial charge is 0.255 e. The standard InChI is InChI=1S/C19H13N5O2S2/c1-12-8-13(10-20)2-4-15(12)18-16-5-3-14(9-17(16)22-11-23-18)28(25,26)24-19-21-6-7-27-19/h2-9,11H,1H3,(H,21,24). The van der Waals surface area contributed by atoms with E-state index >= 15 is 0 Å². The molecule has 0 fully saturated rings. The zero-order valence-corrected chi connectivity index (χ0v) is 16.3. The van der Waals surface area contributed by atoms with Crippen LogP contribution in [0.25, 0.3) is 22.2 Å². The Morgan fingerprint density at radius 2 is 1.96 bits per heavy atom. The molecule has 0 amide bonds. The van der Waals surface area contributed by atoms with Crippen molar-refractivity contribution in [3.05, 3.63) is 65.4 Å². The Labute approximate surface area is 165 Å². The topological polar surface area (TPSA) is 109 Å². The third kappa shape index (κ3) is 3.31. The lowest BCUT2D eigenvalue weighted by atomic mass is 10.00. The van der Waals surface area contributed by atoms with Crippen LogP contribution in [0.4, 0.5) is 5.13 Å². The molecular weight excluding hydrogens is 394 g/mol. The third-order valence-electron chi connectivity index (χ3n) is 4.18. The first-order valence-electron chi connectivity index (χ1n) is 8.16. The highest BCUT2D eigenvalue weighted by Gasteiger charge is 2.18. The monoisotopic (exact) mass is 407 g/mol. The van der Waals surface area contributed by atoms with Gasteiger partial charge in [-0.3, -0.25) is 4.72 Å². The molecule has 28 heavy (non-hydrogen) atoms. The molecule has 2 aromatic heterocycles.